The Labute approximate surface area is 131 Å². The largest absolute Gasteiger partial charge is 0.392 e. The summed E-state index contributed by atoms with van der Waals surface area (Å²) in [5.41, 5.74) is 0.126. The van der Waals surface area contributed by atoms with Crippen LogP contribution in [0, 0.1) is 5.82 Å². The lowest BCUT2D eigenvalue weighted by atomic mass is 10.2. The molecule has 2 rings (SSSR count). The average molecular weight is 350 g/mol. The van der Waals surface area contributed by atoms with Gasteiger partial charge in [0, 0.05) is 5.02 Å². The zero-order valence-corrected chi connectivity index (χ0v) is 12.8. The number of rotatable bonds is 4. The highest BCUT2D eigenvalue weighted by Gasteiger charge is 2.20. The molecule has 0 heterocycles. The summed E-state index contributed by atoms with van der Waals surface area (Å²) in [6, 6.07) is 7.61. The van der Waals surface area contributed by atoms with Crippen molar-refractivity contribution in [3.8, 4) is 0 Å². The smallest absolute Gasteiger partial charge is 0.263 e. The highest BCUT2D eigenvalue weighted by molar-refractivity contribution is 7.92. The number of sulfonamides is 1. The lowest BCUT2D eigenvalue weighted by Gasteiger charge is -2.11. The van der Waals surface area contributed by atoms with Crippen molar-refractivity contribution in [3.05, 3.63) is 57.8 Å². The summed E-state index contributed by atoms with van der Waals surface area (Å²) in [5.74, 6) is -0.805. The van der Waals surface area contributed by atoms with Crippen LogP contribution < -0.4 is 4.72 Å². The molecule has 0 fully saturated rings. The maximum absolute atomic E-state index is 13.7. The highest BCUT2D eigenvalue weighted by atomic mass is 35.5. The molecular weight excluding hydrogens is 340 g/mol. The first-order valence-corrected chi connectivity index (χ1v) is 7.94. The molecule has 0 saturated carbocycles. The van der Waals surface area contributed by atoms with E-state index < -0.39 is 15.8 Å². The summed E-state index contributed by atoms with van der Waals surface area (Å²) < 4.78 is 40.3. The molecule has 2 aromatic carbocycles. The number of aliphatic hydroxyl groups excluding tert-OH is 1. The number of nitrogens with one attached hydrogen (secondary N) is 1. The zero-order chi connectivity index (χ0) is 15.6. The van der Waals surface area contributed by atoms with Gasteiger partial charge in [-0.3, -0.25) is 4.72 Å². The molecule has 0 aliphatic heterocycles. The van der Waals surface area contributed by atoms with Gasteiger partial charge in [-0.15, -0.1) is 0 Å². The van der Waals surface area contributed by atoms with Crippen molar-refractivity contribution in [2.75, 3.05) is 4.72 Å². The first-order valence-electron chi connectivity index (χ1n) is 5.70. The van der Waals surface area contributed by atoms with Crippen molar-refractivity contribution in [2.24, 2.45) is 0 Å². The first kappa shape index (κ1) is 16.0. The van der Waals surface area contributed by atoms with Gasteiger partial charge in [0.25, 0.3) is 10.0 Å². The van der Waals surface area contributed by atoms with E-state index in [1.165, 1.54) is 30.3 Å². The molecule has 0 aromatic heterocycles. The fraction of sp³-hybridized carbons (Fsp3) is 0.0769. The van der Waals surface area contributed by atoms with Crippen LogP contribution in [0.15, 0.2) is 41.3 Å². The second kappa shape index (κ2) is 6.19. The lowest BCUT2D eigenvalue weighted by Crippen LogP contribution is -2.14. The molecule has 2 aromatic rings. The van der Waals surface area contributed by atoms with Crippen molar-refractivity contribution < 1.29 is 17.9 Å². The minimum atomic E-state index is -4.09. The minimum absolute atomic E-state index is 0.0333. The van der Waals surface area contributed by atoms with Crippen LogP contribution in [-0.2, 0) is 16.6 Å². The SMILES string of the molecule is O=S(=O)(Nc1ccc(Cl)cc1F)c1cc(CO)ccc1Cl. The summed E-state index contributed by atoms with van der Waals surface area (Å²) in [6.45, 7) is -0.338. The van der Waals surface area contributed by atoms with Crippen LogP contribution in [0.3, 0.4) is 0 Å². The van der Waals surface area contributed by atoms with Crippen molar-refractivity contribution in [1.82, 2.24) is 0 Å². The topological polar surface area (TPSA) is 66.4 Å². The third-order valence-corrected chi connectivity index (χ3v) is 4.73. The maximum Gasteiger partial charge on any atom is 0.263 e. The Morgan fingerprint density at radius 2 is 1.86 bits per heavy atom. The molecule has 4 nitrogen and oxygen atoms in total. The molecule has 0 amide bonds. The van der Waals surface area contributed by atoms with Crippen molar-refractivity contribution in [3.63, 3.8) is 0 Å². The average Bonchev–Trinajstić information content (AvgIpc) is 2.42. The fourth-order valence-electron chi connectivity index (χ4n) is 1.62. The monoisotopic (exact) mass is 349 g/mol. The molecule has 2 N–H and O–H groups in total. The van der Waals surface area contributed by atoms with Crippen LogP contribution in [-0.4, -0.2) is 13.5 Å². The first-order chi connectivity index (χ1) is 9.83. The molecule has 0 unspecified atom stereocenters. The predicted octanol–water partition coefficient (Wildman–Crippen LogP) is 3.43. The normalized spacial score (nSPS) is 11.4. The van der Waals surface area contributed by atoms with Crippen LogP contribution in [0.5, 0.6) is 0 Å². The molecule has 0 radical (unpaired) electrons. The Morgan fingerprint density at radius 3 is 2.48 bits per heavy atom. The molecule has 0 aliphatic carbocycles. The standard InChI is InChI=1S/C13H10Cl2FNO3S/c14-9-2-4-12(11(16)6-9)17-21(19,20)13-5-8(7-18)1-3-10(13)15/h1-6,17-18H,7H2. The number of anilines is 1. The van der Waals surface area contributed by atoms with Crippen molar-refractivity contribution in [2.45, 2.75) is 11.5 Å². The van der Waals surface area contributed by atoms with Gasteiger partial charge >= 0.3 is 0 Å². The second-order valence-electron chi connectivity index (χ2n) is 4.15. The molecular formula is C13H10Cl2FNO3S. The van der Waals surface area contributed by atoms with E-state index in [0.717, 1.165) is 6.07 Å². The van der Waals surface area contributed by atoms with Crippen LogP contribution in [0.1, 0.15) is 5.56 Å². The van der Waals surface area contributed by atoms with Gasteiger partial charge < -0.3 is 5.11 Å². The fourth-order valence-corrected chi connectivity index (χ4v) is 3.40. The van der Waals surface area contributed by atoms with Crippen LogP contribution in [0.25, 0.3) is 0 Å². The summed E-state index contributed by atoms with van der Waals surface area (Å²) in [4.78, 5) is -0.245. The lowest BCUT2D eigenvalue weighted by molar-refractivity contribution is 0.281. The maximum atomic E-state index is 13.7. The minimum Gasteiger partial charge on any atom is -0.392 e. The molecule has 0 aliphatic rings. The number of hydrogen-bond donors (Lipinski definition) is 2. The third-order valence-electron chi connectivity index (χ3n) is 2.64. The van der Waals surface area contributed by atoms with E-state index in [4.69, 9.17) is 28.3 Å². The predicted molar refractivity (Wildman–Crippen MR) is 79.6 cm³/mol. The Bertz CT molecular complexity index is 781. The Balaban J connectivity index is 2.43. The van der Waals surface area contributed by atoms with Gasteiger partial charge in [-0.05, 0) is 35.9 Å². The molecule has 8 heteroatoms. The Morgan fingerprint density at radius 1 is 1.14 bits per heavy atom. The van der Waals surface area contributed by atoms with E-state index in [9.17, 15) is 12.8 Å². The quantitative estimate of drug-likeness (QED) is 0.888. The molecule has 21 heavy (non-hydrogen) atoms. The van der Waals surface area contributed by atoms with Crippen LogP contribution in [0.4, 0.5) is 10.1 Å². The van der Waals surface area contributed by atoms with Gasteiger partial charge in [0.2, 0.25) is 0 Å². The molecule has 0 atom stereocenters. The number of halogens is 3. The van der Waals surface area contributed by atoms with E-state index in [-0.39, 0.29) is 27.2 Å². The van der Waals surface area contributed by atoms with Crippen LogP contribution >= 0.6 is 23.2 Å². The van der Waals surface area contributed by atoms with Gasteiger partial charge in [0.05, 0.1) is 17.3 Å². The number of aliphatic hydroxyl groups is 1. The van der Waals surface area contributed by atoms with E-state index >= 15 is 0 Å². The zero-order valence-electron chi connectivity index (χ0n) is 10.5. The Kier molecular flexibility index (Phi) is 4.73. The van der Waals surface area contributed by atoms with Gasteiger partial charge in [0.15, 0.2) is 0 Å². The van der Waals surface area contributed by atoms with E-state index in [1.54, 1.807) is 0 Å². The van der Waals surface area contributed by atoms with Gasteiger partial charge in [-0.1, -0.05) is 29.3 Å². The van der Waals surface area contributed by atoms with E-state index in [1.807, 2.05) is 0 Å². The number of benzene rings is 2. The van der Waals surface area contributed by atoms with Gasteiger partial charge in [0.1, 0.15) is 10.7 Å². The third kappa shape index (κ3) is 3.65. The summed E-state index contributed by atoms with van der Waals surface area (Å²) in [7, 11) is -4.09. The van der Waals surface area contributed by atoms with E-state index in [2.05, 4.69) is 4.72 Å². The molecule has 112 valence electrons. The Hall–Kier alpha value is -1.34. The second-order valence-corrected chi connectivity index (χ2v) is 6.65. The van der Waals surface area contributed by atoms with E-state index in [0.29, 0.717) is 5.56 Å². The summed E-state index contributed by atoms with van der Waals surface area (Å²) in [5, 5.41) is 9.17. The van der Waals surface area contributed by atoms with Gasteiger partial charge in [-0.2, -0.15) is 0 Å². The molecule has 0 saturated heterocycles. The van der Waals surface area contributed by atoms with Crippen molar-refractivity contribution >= 4 is 38.9 Å². The van der Waals surface area contributed by atoms with Crippen LogP contribution in [0.2, 0.25) is 10.0 Å². The molecule has 0 bridgehead atoms. The summed E-state index contributed by atoms with van der Waals surface area (Å²) >= 11 is 11.5. The number of hydrogen-bond acceptors (Lipinski definition) is 3. The molecule has 0 spiro atoms. The highest BCUT2D eigenvalue weighted by Crippen LogP contribution is 2.27. The van der Waals surface area contributed by atoms with Crippen molar-refractivity contribution in [1.29, 1.82) is 0 Å². The summed E-state index contributed by atoms with van der Waals surface area (Å²) in [6.07, 6.45) is 0. The van der Waals surface area contributed by atoms with Gasteiger partial charge in [-0.25, -0.2) is 12.8 Å².